The number of aromatic nitrogens is 1. The molecule has 2 heterocycles. The standard InChI is InChI=1S/C20H19ClN4O3S/c1-22-16-4-3-14(25(27)28)11-15(16)20(26)24-8-6-12(7-9-24)19-23-17-10-13(21)2-5-18(17)29-19/h2-5,10-12,22H,6-9H2,1H3. The van der Waals surface area contributed by atoms with Crippen LogP contribution in [0.5, 0.6) is 0 Å². The molecule has 1 amide bonds. The van der Waals surface area contributed by atoms with Gasteiger partial charge in [-0.1, -0.05) is 11.6 Å². The van der Waals surface area contributed by atoms with E-state index in [-0.39, 0.29) is 11.6 Å². The predicted octanol–water partition coefficient (Wildman–Crippen LogP) is 4.92. The predicted molar refractivity (Wildman–Crippen MR) is 115 cm³/mol. The molecule has 1 saturated heterocycles. The average molecular weight is 431 g/mol. The third-order valence-electron chi connectivity index (χ3n) is 5.21. The number of rotatable bonds is 4. The maximum atomic E-state index is 13.0. The molecule has 3 aromatic rings. The van der Waals surface area contributed by atoms with Crippen molar-refractivity contribution in [1.29, 1.82) is 0 Å². The molecule has 0 saturated carbocycles. The van der Waals surface area contributed by atoms with Crippen molar-refractivity contribution in [1.82, 2.24) is 9.88 Å². The van der Waals surface area contributed by atoms with Gasteiger partial charge in [-0.15, -0.1) is 11.3 Å². The van der Waals surface area contributed by atoms with Crippen molar-refractivity contribution in [2.75, 3.05) is 25.5 Å². The molecule has 1 fully saturated rings. The summed E-state index contributed by atoms with van der Waals surface area (Å²) in [6, 6.07) is 10.0. The summed E-state index contributed by atoms with van der Waals surface area (Å²) in [4.78, 5) is 30.1. The molecule has 1 aliphatic heterocycles. The van der Waals surface area contributed by atoms with Crippen LogP contribution in [0.2, 0.25) is 5.02 Å². The highest BCUT2D eigenvalue weighted by molar-refractivity contribution is 7.18. The third-order valence-corrected chi connectivity index (χ3v) is 6.65. The number of carbonyl (C=O) groups is 1. The monoisotopic (exact) mass is 430 g/mol. The maximum absolute atomic E-state index is 13.0. The summed E-state index contributed by atoms with van der Waals surface area (Å²) in [5.74, 6) is 0.108. The van der Waals surface area contributed by atoms with E-state index in [9.17, 15) is 14.9 Å². The van der Waals surface area contributed by atoms with Crippen LogP contribution in [0.4, 0.5) is 11.4 Å². The molecule has 1 aliphatic rings. The molecule has 7 nitrogen and oxygen atoms in total. The average Bonchev–Trinajstić information content (AvgIpc) is 3.16. The van der Waals surface area contributed by atoms with Crippen LogP contribution in [0.1, 0.15) is 34.1 Å². The van der Waals surface area contributed by atoms with Gasteiger partial charge in [-0.3, -0.25) is 14.9 Å². The van der Waals surface area contributed by atoms with Gasteiger partial charge in [0.2, 0.25) is 0 Å². The first kappa shape index (κ1) is 19.6. The van der Waals surface area contributed by atoms with E-state index >= 15 is 0 Å². The molecule has 1 N–H and O–H groups in total. The van der Waals surface area contributed by atoms with E-state index in [2.05, 4.69) is 5.32 Å². The van der Waals surface area contributed by atoms with E-state index < -0.39 is 4.92 Å². The lowest BCUT2D eigenvalue weighted by molar-refractivity contribution is -0.384. The summed E-state index contributed by atoms with van der Waals surface area (Å²) in [7, 11) is 1.70. The Balaban J connectivity index is 1.49. The quantitative estimate of drug-likeness (QED) is 0.468. The number of fused-ring (bicyclic) bond motifs is 1. The third kappa shape index (κ3) is 3.90. The Kier molecular flexibility index (Phi) is 5.38. The van der Waals surface area contributed by atoms with Crippen LogP contribution < -0.4 is 5.32 Å². The second-order valence-corrected chi connectivity index (χ2v) is 8.47. The van der Waals surface area contributed by atoms with Crippen LogP contribution in [0, 0.1) is 10.1 Å². The van der Waals surface area contributed by atoms with Crippen molar-refractivity contribution in [3.8, 4) is 0 Å². The zero-order valence-corrected chi connectivity index (χ0v) is 17.3. The number of thiazole rings is 1. The van der Waals surface area contributed by atoms with Crippen LogP contribution in [0.3, 0.4) is 0 Å². The SMILES string of the molecule is CNc1ccc([N+](=O)[O-])cc1C(=O)N1CCC(c2nc3cc(Cl)ccc3s2)CC1. The Bertz CT molecular complexity index is 1090. The number of nitro groups is 1. The fourth-order valence-electron chi connectivity index (χ4n) is 3.63. The molecule has 0 radical (unpaired) electrons. The summed E-state index contributed by atoms with van der Waals surface area (Å²) >= 11 is 7.73. The van der Waals surface area contributed by atoms with Crippen LogP contribution >= 0.6 is 22.9 Å². The Morgan fingerprint density at radius 1 is 1.28 bits per heavy atom. The molecule has 0 aliphatic carbocycles. The van der Waals surface area contributed by atoms with Gasteiger partial charge in [-0.2, -0.15) is 0 Å². The summed E-state index contributed by atoms with van der Waals surface area (Å²) in [5, 5.41) is 15.8. The highest BCUT2D eigenvalue weighted by atomic mass is 35.5. The van der Waals surface area contributed by atoms with Gasteiger partial charge in [0.15, 0.2) is 0 Å². The number of hydrogen-bond donors (Lipinski definition) is 1. The Labute approximate surface area is 176 Å². The molecule has 2 aromatic carbocycles. The van der Waals surface area contributed by atoms with Crippen LogP contribution in [0.25, 0.3) is 10.2 Å². The van der Waals surface area contributed by atoms with Gasteiger partial charge in [-0.05, 0) is 37.1 Å². The summed E-state index contributed by atoms with van der Waals surface area (Å²) in [5.41, 5.74) is 1.74. The Morgan fingerprint density at radius 3 is 2.72 bits per heavy atom. The van der Waals surface area contributed by atoms with E-state index in [4.69, 9.17) is 16.6 Å². The van der Waals surface area contributed by atoms with Crippen molar-refractivity contribution in [2.45, 2.75) is 18.8 Å². The molecule has 150 valence electrons. The topological polar surface area (TPSA) is 88.4 Å². The molecule has 1 aromatic heterocycles. The lowest BCUT2D eigenvalue weighted by atomic mass is 9.96. The minimum Gasteiger partial charge on any atom is -0.387 e. The Hall–Kier alpha value is -2.71. The molecular formula is C20H19ClN4O3S. The number of benzene rings is 2. The number of nitrogens with one attached hydrogen (secondary N) is 1. The maximum Gasteiger partial charge on any atom is 0.270 e. The van der Waals surface area contributed by atoms with E-state index in [0.29, 0.717) is 35.3 Å². The van der Waals surface area contributed by atoms with Gasteiger partial charge in [0.25, 0.3) is 11.6 Å². The highest BCUT2D eigenvalue weighted by Gasteiger charge is 2.28. The van der Waals surface area contributed by atoms with Crippen LogP contribution in [-0.4, -0.2) is 40.9 Å². The molecule has 0 unspecified atom stereocenters. The number of likely N-dealkylation sites (tertiary alicyclic amines) is 1. The molecule has 0 atom stereocenters. The first-order valence-electron chi connectivity index (χ1n) is 9.27. The van der Waals surface area contributed by atoms with Crippen molar-refractivity contribution in [3.05, 3.63) is 62.1 Å². The fraction of sp³-hybridized carbons (Fsp3) is 0.300. The Morgan fingerprint density at radius 2 is 2.03 bits per heavy atom. The van der Waals surface area contributed by atoms with Gasteiger partial charge >= 0.3 is 0 Å². The molecule has 0 bridgehead atoms. The zero-order valence-electron chi connectivity index (χ0n) is 15.7. The minimum atomic E-state index is -0.484. The van der Waals surface area contributed by atoms with Crippen LogP contribution in [0.15, 0.2) is 36.4 Å². The van der Waals surface area contributed by atoms with Crippen LogP contribution in [-0.2, 0) is 0 Å². The largest absolute Gasteiger partial charge is 0.387 e. The van der Waals surface area contributed by atoms with Gasteiger partial charge in [-0.25, -0.2) is 4.98 Å². The molecule has 4 rings (SSSR count). The summed E-state index contributed by atoms with van der Waals surface area (Å²) in [6.45, 7) is 1.18. The number of piperidine rings is 1. The number of non-ortho nitro benzene ring substituents is 1. The molecule has 29 heavy (non-hydrogen) atoms. The van der Waals surface area contributed by atoms with E-state index in [1.165, 1.54) is 12.1 Å². The molecule has 0 spiro atoms. The molecular weight excluding hydrogens is 412 g/mol. The number of nitro benzene ring substituents is 1. The summed E-state index contributed by atoms with van der Waals surface area (Å²) < 4.78 is 1.11. The van der Waals surface area contributed by atoms with Crippen molar-refractivity contribution in [2.24, 2.45) is 0 Å². The second-order valence-electron chi connectivity index (χ2n) is 6.97. The number of nitrogens with zero attached hydrogens (tertiary/aromatic N) is 3. The number of anilines is 1. The fourth-order valence-corrected chi connectivity index (χ4v) is 4.92. The van der Waals surface area contributed by atoms with Gasteiger partial charge in [0.1, 0.15) is 0 Å². The summed E-state index contributed by atoms with van der Waals surface area (Å²) in [6.07, 6.45) is 1.62. The lowest BCUT2D eigenvalue weighted by Gasteiger charge is -2.31. The first-order valence-corrected chi connectivity index (χ1v) is 10.5. The zero-order chi connectivity index (χ0) is 20.5. The van der Waals surface area contributed by atoms with Crippen molar-refractivity contribution < 1.29 is 9.72 Å². The van der Waals surface area contributed by atoms with E-state index in [1.54, 1.807) is 29.4 Å². The van der Waals surface area contributed by atoms with Gasteiger partial charge in [0.05, 0.1) is 25.7 Å². The number of amides is 1. The van der Waals surface area contributed by atoms with Crippen molar-refractivity contribution in [3.63, 3.8) is 0 Å². The smallest absolute Gasteiger partial charge is 0.270 e. The normalized spacial score (nSPS) is 14.9. The van der Waals surface area contributed by atoms with Crippen molar-refractivity contribution >= 4 is 50.4 Å². The van der Waals surface area contributed by atoms with Gasteiger partial charge < -0.3 is 10.2 Å². The van der Waals surface area contributed by atoms with E-state index in [1.807, 2.05) is 18.2 Å². The molecule has 9 heteroatoms. The second kappa shape index (κ2) is 7.96. The highest BCUT2D eigenvalue weighted by Crippen LogP contribution is 2.35. The van der Waals surface area contributed by atoms with E-state index in [0.717, 1.165) is 28.1 Å². The lowest BCUT2D eigenvalue weighted by Crippen LogP contribution is -2.38. The number of carbonyl (C=O) groups excluding carboxylic acids is 1. The minimum absolute atomic E-state index is 0.0876. The first-order chi connectivity index (χ1) is 14.0. The number of hydrogen-bond acceptors (Lipinski definition) is 6. The number of halogens is 1. The van der Waals surface area contributed by atoms with Gasteiger partial charge in [0, 0.05) is 48.9 Å².